The van der Waals surface area contributed by atoms with Crippen LogP contribution in [0.1, 0.15) is 28.5 Å². The number of carbonyl (C=O) groups is 1. The number of benzene rings is 3. The van der Waals surface area contributed by atoms with E-state index in [1.807, 2.05) is 36.4 Å². The molecule has 0 bridgehead atoms. The van der Waals surface area contributed by atoms with Crippen molar-refractivity contribution in [1.82, 2.24) is 30.7 Å². The van der Waals surface area contributed by atoms with Gasteiger partial charge in [-0.05, 0) is 64.8 Å². The largest absolute Gasteiger partial charge is 0.489 e. The second-order valence-electron chi connectivity index (χ2n) is 8.56. The van der Waals surface area contributed by atoms with Crippen molar-refractivity contribution in [3.63, 3.8) is 0 Å². The second-order valence-corrected chi connectivity index (χ2v) is 9.47. The molecule has 0 spiro atoms. The van der Waals surface area contributed by atoms with Gasteiger partial charge in [0.1, 0.15) is 18.1 Å². The molecule has 2 aromatic heterocycles. The van der Waals surface area contributed by atoms with Crippen molar-refractivity contribution in [2.24, 2.45) is 5.10 Å². The Labute approximate surface area is 240 Å². The Morgan fingerprint density at radius 1 is 1.15 bits per heavy atom. The average molecular weight is 618 g/mol. The van der Waals surface area contributed by atoms with E-state index in [4.69, 9.17) is 10.5 Å². The molecule has 5 aromatic rings. The van der Waals surface area contributed by atoms with E-state index in [0.29, 0.717) is 18.1 Å². The van der Waals surface area contributed by atoms with Crippen LogP contribution in [0.4, 0.5) is 11.5 Å². The summed E-state index contributed by atoms with van der Waals surface area (Å²) >= 11 is 3.41. The molecule has 0 aliphatic rings. The number of halogens is 1. The molecular weight excluding hydrogens is 598 g/mol. The van der Waals surface area contributed by atoms with Gasteiger partial charge in [0.2, 0.25) is 11.6 Å². The molecule has 3 N–H and O–H groups in total. The van der Waals surface area contributed by atoms with E-state index in [9.17, 15) is 14.9 Å². The van der Waals surface area contributed by atoms with Gasteiger partial charge in [-0.3, -0.25) is 14.9 Å². The van der Waals surface area contributed by atoms with Crippen molar-refractivity contribution in [3.8, 4) is 22.8 Å². The Hall–Kier alpha value is -5.44. The molecule has 1 amide bonds. The molecule has 0 atom stereocenters. The standard InChI is InChI=1S/C26H20BrN9O5/c1-15(17-7-11-21(12-8-17)40-14-16-5-9-19(27)10-6-16)29-31-26(37)22-23(18-3-2-4-20(13-18)36(38)39)35(34-30-22)25-24(28)32-41-33-25/h2-13H,14H2,1H3,(H2,28,32)(H,31,37). The van der Waals surface area contributed by atoms with Crippen molar-refractivity contribution >= 4 is 39.1 Å². The zero-order valence-corrected chi connectivity index (χ0v) is 22.8. The number of rotatable bonds is 9. The van der Waals surface area contributed by atoms with Gasteiger partial charge in [-0.25, -0.2) is 10.1 Å². The number of non-ortho nitro benzene ring substituents is 1. The average Bonchev–Trinajstić information content (AvgIpc) is 3.61. The van der Waals surface area contributed by atoms with Crippen molar-refractivity contribution in [2.75, 3.05) is 5.73 Å². The molecule has 5 rings (SSSR count). The number of nitro benzene ring substituents is 1. The molecule has 0 saturated heterocycles. The number of hydrazone groups is 1. The van der Waals surface area contributed by atoms with Crippen LogP contribution in [0, 0.1) is 10.1 Å². The molecule has 0 radical (unpaired) electrons. The van der Waals surface area contributed by atoms with Gasteiger partial charge >= 0.3 is 0 Å². The Morgan fingerprint density at radius 3 is 2.59 bits per heavy atom. The van der Waals surface area contributed by atoms with E-state index in [0.717, 1.165) is 20.3 Å². The lowest BCUT2D eigenvalue weighted by Gasteiger charge is -2.08. The molecule has 41 heavy (non-hydrogen) atoms. The molecule has 0 saturated carbocycles. The van der Waals surface area contributed by atoms with Crippen LogP contribution in [0.15, 0.2) is 87.0 Å². The number of aromatic nitrogens is 5. The maximum atomic E-state index is 13.2. The summed E-state index contributed by atoms with van der Waals surface area (Å²) in [6.07, 6.45) is 0. The van der Waals surface area contributed by atoms with Crippen LogP contribution >= 0.6 is 15.9 Å². The maximum Gasteiger partial charge on any atom is 0.294 e. The number of nitrogens with zero attached hydrogens (tertiary/aromatic N) is 7. The smallest absolute Gasteiger partial charge is 0.294 e. The summed E-state index contributed by atoms with van der Waals surface area (Å²) in [6.45, 7) is 2.14. The molecule has 0 fully saturated rings. The van der Waals surface area contributed by atoms with E-state index >= 15 is 0 Å². The van der Waals surface area contributed by atoms with Crippen LogP contribution in [0.25, 0.3) is 17.1 Å². The highest BCUT2D eigenvalue weighted by Gasteiger charge is 2.26. The zero-order chi connectivity index (χ0) is 28.9. The summed E-state index contributed by atoms with van der Waals surface area (Å²) in [4.78, 5) is 24.0. The van der Waals surface area contributed by atoms with E-state index < -0.39 is 10.8 Å². The SMILES string of the molecule is CC(=NNC(=O)c1nnn(-c2nonc2N)c1-c1cccc([N+](=O)[O-])c1)c1ccc(OCc2ccc(Br)cc2)cc1. The first-order valence-electron chi connectivity index (χ1n) is 11.9. The highest BCUT2D eigenvalue weighted by Crippen LogP contribution is 2.29. The highest BCUT2D eigenvalue weighted by molar-refractivity contribution is 9.10. The minimum atomic E-state index is -0.721. The monoisotopic (exact) mass is 617 g/mol. The second kappa shape index (κ2) is 11.7. The fraction of sp³-hybridized carbons (Fsp3) is 0.0769. The molecule has 2 heterocycles. The van der Waals surface area contributed by atoms with Gasteiger partial charge in [0.05, 0.1) is 10.6 Å². The van der Waals surface area contributed by atoms with E-state index in [1.54, 1.807) is 25.1 Å². The highest BCUT2D eigenvalue weighted by atomic mass is 79.9. The van der Waals surface area contributed by atoms with E-state index in [2.05, 4.69) is 51.7 Å². The molecule has 15 heteroatoms. The van der Waals surface area contributed by atoms with Gasteiger partial charge in [0.25, 0.3) is 11.6 Å². The van der Waals surface area contributed by atoms with Crippen molar-refractivity contribution in [3.05, 3.63) is 104 Å². The number of nitrogens with one attached hydrogen (secondary N) is 1. The molecule has 206 valence electrons. The number of ether oxygens (including phenoxy) is 1. The predicted octanol–water partition coefficient (Wildman–Crippen LogP) is 4.30. The lowest BCUT2D eigenvalue weighted by atomic mass is 10.1. The van der Waals surface area contributed by atoms with Gasteiger partial charge in [0, 0.05) is 22.2 Å². The van der Waals surface area contributed by atoms with Gasteiger partial charge in [-0.15, -0.1) is 5.10 Å². The summed E-state index contributed by atoms with van der Waals surface area (Å²) in [5.41, 5.74) is 10.5. The number of nitrogen functional groups attached to an aromatic ring is 1. The molecule has 0 unspecified atom stereocenters. The van der Waals surface area contributed by atoms with Crippen LogP contribution < -0.4 is 15.9 Å². The predicted molar refractivity (Wildman–Crippen MR) is 150 cm³/mol. The number of nitrogens with two attached hydrogens (primary N) is 1. The number of amides is 1. The zero-order valence-electron chi connectivity index (χ0n) is 21.3. The summed E-state index contributed by atoms with van der Waals surface area (Å²) < 4.78 is 12.6. The summed E-state index contributed by atoms with van der Waals surface area (Å²) in [7, 11) is 0. The van der Waals surface area contributed by atoms with E-state index in [1.165, 1.54) is 18.2 Å². The molecule has 14 nitrogen and oxygen atoms in total. The van der Waals surface area contributed by atoms with Gasteiger partial charge < -0.3 is 10.5 Å². The quantitative estimate of drug-likeness (QED) is 0.137. The number of hydrogen-bond donors (Lipinski definition) is 2. The fourth-order valence-corrected chi connectivity index (χ4v) is 4.00. The lowest BCUT2D eigenvalue weighted by molar-refractivity contribution is -0.384. The molecule has 3 aromatic carbocycles. The maximum absolute atomic E-state index is 13.2. The Morgan fingerprint density at radius 2 is 1.90 bits per heavy atom. The minimum absolute atomic E-state index is 0.0415. The van der Waals surface area contributed by atoms with Gasteiger partial charge in [-0.2, -0.15) is 9.78 Å². The van der Waals surface area contributed by atoms with Crippen molar-refractivity contribution < 1.29 is 19.1 Å². The third-order valence-corrected chi connectivity index (χ3v) is 6.36. The van der Waals surface area contributed by atoms with Crippen LogP contribution in [0.2, 0.25) is 0 Å². The van der Waals surface area contributed by atoms with Crippen LogP contribution in [-0.4, -0.2) is 41.8 Å². The molecule has 0 aliphatic heterocycles. The number of anilines is 1. The topological polar surface area (TPSA) is 189 Å². The third-order valence-electron chi connectivity index (χ3n) is 5.83. The number of nitro groups is 1. The first-order chi connectivity index (χ1) is 19.8. The fourth-order valence-electron chi connectivity index (χ4n) is 3.74. The lowest BCUT2D eigenvalue weighted by Crippen LogP contribution is -2.21. The Balaban J connectivity index is 1.35. The van der Waals surface area contributed by atoms with Crippen molar-refractivity contribution in [2.45, 2.75) is 13.5 Å². The van der Waals surface area contributed by atoms with Crippen LogP contribution in [0.5, 0.6) is 5.75 Å². The van der Waals surface area contributed by atoms with Gasteiger partial charge in [-0.1, -0.05) is 45.4 Å². The Kier molecular flexibility index (Phi) is 7.78. The summed E-state index contributed by atoms with van der Waals surface area (Å²) in [6, 6.07) is 20.7. The number of carbonyl (C=O) groups excluding carboxylic acids is 1. The summed E-state index contributed by atoms with van der Waals surface area (Å²) in [5.74, 6) is -0.207. The minimum Gasteiger partial charge on any atom is -0.489 e. The first-order valence-corrected chi connectivity index (χ1v) is 12.7. The van der Waals surface area contributed by atoms with Gasteiger partial charge in [0.15, 0.2) is 5.69 Å². The molecular formula is C26H20BrN9O5. The summed E-state index contributed by atoms with van der Waals surface area (Å²) in [5, 5.41) is 30.7. The normalized spacial score (nSPS) is 11.3. The third kappa shape index (κ3) is 6.09. The first kappa shape index (κ1) is 27.1. The number of hydrogen-bond acceptors (Lipinski definition) is 11. The van der Waals surface area contributed by atoms with E-state index in [-0.39, 0.29) is 34.3 Å². The van der Waals surface area contributed by atoms with Crippen LogP contribution in [0.3, 0.4) is 0 Å². The Bertz CT molecular complexity index is 1750. The molecule has 0 aliphatic carbocycles. The van der Waals surface area contributed by atoms with Crippen molar-refractivity contribution in [1.29, 1.82) is 0 Å². The van der Waals surface area contributed by atoms with Crippen LogP contribution in [-0.2, 0) is 6.61 Å².